The fourth-order valence-corrected chi connectivity index (χ4v) is 3.31. The van der Waals surface area contributed by atoms with E-state index in [1.807, 2.05) is 43.3 Å². The molecule has 29 heavy (non-hydrogen) atoms. The van der Waals surface area contributed by atoms with Gasteiger partial charge >= 0.3 is 6.03 Å². The highest BCUT2D eigenvalue weighted by Gasteiger charge is 2.36. The molecule has 0 aromatic heterocycles. The van der Waals surface area contributed by atoms with Crippen LogP contribution in [0.4, 0.5) is 16.2 Å². The third kappa shape index (κ3) is 4.21. The van der Waals surface area contributed by atoms with E-state index >= 15 is 0 Å². The minimum Gasteiger partial charge on any atom is -0.372 e. The van der Waals surface area contributed by atoms with E-state index in [1.165, 1.54) is 6.08 Å². The fourth-order valence-electron chi connectivity index (χ4n) is 3.31. The number of amides is 4. The Labute approximate surface area is 170 Å². The van der Waals surface area contributed by atoms with Gasteiger partial charge in [-0.2, -0.15) is 0 Å². The molecule has 2 aromatic rings. The van der Waals surface area contributed by atoms with Crippen LogP contribution in [0.25, 0.3) is 6.08 Å². The van der Waals surface area contributed by atoms with Crippen LogP contribution in [-0.2, 0) is 16.0 Å². The SMILES string of the molecule is CCc1ccc(N2C(=O)NC(=O)/C(=C\c3ccc(N(CC)CC)cc3)C2=O)cc1. The number of nitrogens with one attached hydrogen (secondary N) is 1. The molecule has 0 atom stereocenters. The minimum atomic E-state index is -0.738. The van der Waals surface area contributed by atoms with Gasteiger partial charge in [-0.25, -0.2) is 9.69 Å². The molecule has 6 heteroatoms. The molecular formula is C23H25N3O3. The van der Waals surface area contributed by atoms with Crippen molar-refractivity contribution in [3.8, 4) is 0 Å². The average molecular weight is 391 g/mol. The monoisotopic (exact) mass is 391 g/mol. The first-order valence-corrected chi connectivity index (χ1v) is 9.83. The number of nitrogens with zero attached hydrogens (tertiary/aromatic N) is 2. The largest absolute Gasteiger partial charge is 0.372 e. The topological polar surface area (TPSA) is 69.7 Å². The molecule has 1 N–H and O–H groups in total. The van der Waals surface area contributed by atoms with Gasteiger partial charge in [0.1, 0.15) is 5.57 Å². The van der Waals surface area contributed by atoms with Gasteiger partial charge in [-0.1, -0.05) is 31.2 Å². The van der Waals surface area contributed by atoms with E-state index in [4.69, 9.17) is 0 Å². The summed E-state index contributed by atoms with van der Waals surface area (Å²) in [6, 6.07) is 14.0. The quantitative estimate of drug-likeness (QED) is 0.601. The molecule has 0 aliphatic carbocycles. The van der Waals surface area contributed by atoms with Crippen LogP contribution in [-0.4, -0.2) is 30.9 Å². The number of hydrogen-bond donors (Lipinski definition) is 1. The number of imide groups is 2. The molecule has 0 unspecified atom stereocenters. The highest BCUT2D eigenvalue weighted by molar-refractivity contribution is 6.39. The second-order valence-corrected chi connectivity index (χ2v) is 6.74. The number of carbonyl (C=O) groups excluding carboxylic acids is 3. The third-order valence-corrected chi connectivity index (χ3v) is 5.04. The van der Waals surface area contributed by atoms with Crippen LogP contribution in [0.5, 0.6) is 0 Å². The maximum absolute atomic E-state index is 12.9. The Morgan fingerprint density at radius 1 is 0.897 bits per heavy atom. The number of urea groups is 1. The van der Waals surface area contributed by atoms with E-state index in [-0.39, 0.29) is 5.57 Å². The number of anilines is 2. The van der Waals surface area contributed by atoms with Crippen molar-refractivity contribution in [2.45, 2.75) is 27.2 Å². The normalized spacial score (nSPS) is 15.6. The summed E-state index contributed by atoms with van der Waals surface area (Å²) in [6.45, 7) is 7.99. The summed E-state index contributed by atoms with van der Waals surface area (Å²) >= 11 is 0. The van der Waals surface area contributed by atoms with Crippen molar-refractivity contribution in [2.75, 3.05) is 22.9 Å². The number of aryl methyl sites for hydroxylation is 1. The minimum absolute atomic E-state index is 0.0697. The number of barbiturate groups is 1. The number of benzene rings is 2. The molecule has 4 amide bonds. The molecular weight excluding hydrogens is 366 g/mol. The van der Waals surface area contributed by atoms with Gasteiger partial charge in [0.2, 0.25) is 0 Å². The van der Waals surface area contributed by atoms with Crippen molar-refractivity contribution in [2.24, 2.45) is 0 Å². The van der Waals surface area contributed by atoms with E-state index in [9.17, 15) is 14.4 Å². The van der Waals surface area contributed by atoms with Gasteiger partial charge in [-0.05, 0) is 61.7 Å². The summed E-state index contributed by atoms with van der Waals surface area (Å²) < 4.78 is 0. The fraction of sp³-hybridized carbons (Fsp3) is 0.261. The van der Waals surface area contributed by atoms with Crippen molar-refractivity contribution < 1.29 is 14.4 Å². The molecule has 3 rings (SSSR count). The van der Waals surface area contributed by atoms with E-state index < -0.39 is 17.8 Å². The van der Waals surface area contributed by atoms with Gasteiger partial charge in [0.05, 0.1) is 5.69 Å². The van der Waals surface area contributed by atoms with Crippen molar-refractivity contribution in [3.05, 3.63) is 65.2 Å². The van der Waals surface area contributed by atoms with Crippen molar-refractivity contribution >= 4 is 35.3 Å². The Morgan fingerprint density at radius 3 is 2.07 bits per heavy atom. The van der Waals surface area contributed by atoms with Gasteiger partial charge in [0, 0.05) is 18.8 Å². The summed E-state index contributed by atoms with van der Waals surface area (Å²) in [7, 11) is 0. The third-order valence-electron chi connectivity index (χ3n) is 5.04. The van der Waals surface area contributed by atoms with Crippen LogP contribution < -0.4 is 15.1 Å². The number of carbonyl (C=O) groups is 3. The van der Waals surface area contributed by atoms with Crippen LogP contribution in [0.3, 0.4) is 0 Å². The summed E-state index contributed by atoms with van der Waals surface area (Å²) in [4.78, 5) is 40.7. The highest BCUT2D eigenvalue weighted by atomic mass is 16.2. The molecule has 1 fully saturated rings. The second-order valence-electron chi connectivity index (χ2n) is 6.74. The Kier molecular flexibility index (Phi) is 6.12. The van der Waals surface area contributed by atoms with Crippen LogP contribution in [0, 0.1) is 0 Å². The van der Waals surface area contributed by atoms with Gasteiger partial charge in [-0.15, -0.1) is 0 Å². The predicted molar refractivity (Wildman–Crippen MR) is 115 cm³/mol. The lowest BCUT2D eigenvalue weighted by atomic mass is 10.1. The van der Waals surface area contributed by atoms with Gasteiger partial charge < -0.3 is 4.90 Å². The van der Waals surface area contributed by atoms with Crippen LogP contribution in [0.1, 0.15) is 31.9 Å². The molecule has 2 aromatic carbocycles. The maximum atomic E-state index is 12.9. The zero-order valence-corrected chi connectivity index (χ0v) is 16.9. The first kappa shape index (κ1) is 20.3. The zero-order chi connectivity index (χ0) is 21.0. The number of hydrogen-bond acceptors (Lipinski definition) is 4. The lowest BCUT2D eigenvalue weighted by Gasteiger charge is -2.26. The summed E-state index contributed by atoms with van der Waals surface area (Å²) in [5.74, 6) is -1.31. The summed E-state index contributed by atoms with van der Waals surface area (Å²) in [5.41, 5.74) is 3.25. The molecule has 1 aliphatic rings. The molecule has 0 bridgehead atoms. The lowest BCUT2D eigenvalue weighted by molar-refractivity contribution is -0.122. The molecule has 1 saturated heterocycles. The Hall–Kier alpha value is -3.41. The summed E-state index contributed by atoms with van der Waals surface area (Å²) in [5, 5.41) is 2.26. The predicted octanol–water partition coefficient (Wildman–Crippen LogP) is 3.76. The Bertz CT molecular complexity index is 942. The molecule has 1 aliphatic heterocycles. The second kappa shape index (κ2) is 8.73. The lowest BCUT2D eigenvalue weighted by Crippen LogP contribution is -2.54. The summed E-state index contributed by atoms with van der Waals surface area (Å²) in [6.07, 6.45) is 2.37. The standard InChI is InChI=1S/C23H25N3O3/c1-4-16-7-13-19(14-8-16)26-22(28)20(21(27)24-23(26)29)15-17-9-11-18(12-10-17)25(5-2)6-3/h7-15H,4-6H2,1-3H3,(H,24,27,29)/b20-15+. The van der Waals surface area contributed by atoms with Gasteiger partial charge in [0.25, 0.3) is 11.8 Å². The maximum Gasteiger partial charge on any atom is 0.335 e. The van der Waals surface area contributed by atoms with E-state index in [0.29, 0.717) is 5.69 Å². The average Bonchev–Trinajstić information content (AvgIpc) is 2.73. The number of rotatable bonds is 6. The first-order chi connectivity index (χ1) is 14.0. The van der Waals surface area contributed by atoms with Crippen LogP contribution in [0.15, 0.2) is 54.1 Å². The van der Waals surface area contributed by atoms with Crippen molar-refractivity contribution in [1.29, 1.82) is 0 Å². The first-order valence-electron chi connectivity index (χ1n) is 9.83. The highest BCUT2D eigenvalue weighted by Crippen LogP contribution is 2.23. The Morgan fingerprint density at radius 2 is 1.52 bits per heavy atom. The molecule has 6 nitrogen and oxygen atoms in total. The molecule has 0 saturated carbocycles. The van der Waals surface area contributed by atoms with E-state index in [2.05, 4.69) is 24.1 Å². The van der Waals surface area contributed by atoms with Gasteiger partial charge in [-0.3, -0.25) is 14.9 Å². The smallest absolute Gasteiger partial charge is 0.335 e. The molecule has 150 valence electrons. The van der Waals surface area contributed by atoms with Crippen LogP contribution in [0.2, 0.25) is 0 Å². The zero-order valence-electron chi connectivity index (χ0n) is 16.9. The van der Waals surface area contributed by atoms with E-state index in [1.54, 1.807) is 12.1 Å². The van der Waals surface area contributed by atoms with Crippen molar-refractivity contribution in [1.82, 2.24) is 5.32 Å². The Balaban J connectivity index is 1.90. The van der Waals surface area contributed by atoms with Crippen molar-refractivity contribution in [3.63, 3.8) is 0 Å². The molecule has 0 spiro atoms. The molecule has 1 heterocycles. The van der Waals surface area contributed by atoms with Gasteiger partial charge in [0.15, 0.2) is 0 Å². The molecule has 0 radical (unpaired) electrons. The van der Waals surface area contributed by atoms with Crippen LogP contribution >= 0.6 is 0 Å². The van der Waals surface area contributed by atoms with E-state index in [0.717, 1.165) is 41.2 Å².